The van der Waals surface area contributed by atoms with Gasteiger partial charge in [0.05, 0.1) is 5.70 Å². The van der Waals surface area contributed by atoms with Gasteiger partial charge in [0, 0.05) is 25.7 Å². The Bertz CT molecular complexity index is 1370. The van der Waals surface area contributed by atoms with Crippen molar-refractivity contribution in [2.24, 2.45) is 0 Å². The molecule has 0 saturated carbocycles. The molecule has 0 amide bonds. The van der Waals surface area contributed by atoms with Crippen molar-refractivity contribution in [3.8, 4) is 5.75 Å². The fourth-order valence-corrected chi connectivity index (χ4v) is 4.88. The van der Waals surface area contributed by atoms with Crippen LogP contribution >= 0.6 is 39.1 Å². The molecular weight excluding hydrogens is 511 g/mol. The lowest BCUT2D eigenvalue weighted by Crippen LogP contribution is -2.32. The normalized spacial score (nSPS) is 18.8. The van der Waals surface area contributed by atoms with Crippen LogP contribution in [0, 0.1) is 0 Å². The van der Waals surface area contributed by atoms with Crippen molar-refractivity contribution in [2.45, 2.75) is 12.1 Å². The van der Waals surface area contributed by atoms with Crippen molar-refractivity contribution >= 4 is 50.8 Å². The predicted molar refractivity (Wildman–Crippen MR) is 129 cm³/mol. The number of nitrogens with one attached hydrogen (secondary N) is 1. The number of rotatable bonds is 2. The van der Waals surface area contributed by atoms with Gasteiger partial charge < -0.3 is 10.1 Å². The zero-order chi connectivity index (χ0) is 21.8. The molecule has 0 aliphatic carbocycles. The van der Waals surface area contributed by atoms with E-state index in [1.54, 1.807) is 6.33 Å². The van der Waals surface area contributed by atoms with E-state index >= 15 is 0 Å². The first-order valence-corrected chi connectivity index (χ1v) is 11.5. The van der Waals surface area contributed by atoms with Crippen molar-refractivity contribution in [1.82, 2.24) is 14.8 Å². The Labute approximate surface area is 202 Å². The van der Waals surface area contributed by atoms with Gasteiger partial charge in [-0.3, -0.25) is 0 Å². The average Bonchev–Trinajstić information content (AvgIpc) is 3.27. The highest BCUT2D eigenvalue weighted by molar-refractivity contribution is 9.10. The number of hydrogen-bond acceptors (Lipinski definition) is 4. The van der Waals surface area contributed by atoms with E-state index in [1.807, 2.05) is 59.3 Å². The maximum absolute atomic E-state index is 6.58. The minimum absolute atomic E-state index is 0.218. The van der Waals surface area contributed by atoms with Gasteiger partial charge in [0.25, 0.3) is 0 Å². The third kappa shape index (κ3) is 3.22. The van der Waals surface area contributed by atoms with Gasteiger partial charge in [-0.1, -0.05) is 63.4 Å². The van der Waals surface area contributed by atoms with Crippen LogP contribution in [0.1, 0.15) is 28.8 Å². The fraction of sp³-hybridized carbons (Fsp3) is 0.0833. The third-order valence-electron chi connectivity index (χ3n) is 5.73. The minimum Gasteiger partial charge on any atom is -0.480 e. The van der Waals surface area contributed by atoms with Crippen molar-refractivity contribution in [1.29, 1.82) is 0 Å². The molecule has 0 radical (unpaired) electrons. The zero-order valence-electron chi connectivity index (χ0n) is 16.5. The van der Waals surface area contributed by atoms with Gasteiger partial charge in [-0.05, 0) is 53.6 Å². The molecule has 158 valence electrons. The van der Waals surface area contributed by atoms with Crippen molar-refractivity contribution in [2.75, 3.05) is 5.32 Å². The van der Waals surface area contributed by atoms with Crippen LogP contribution in [0.3, 0.4) is 0 Å². The van der Waals surface area contributed by atoms with Gasteiger partial charge in [0.2, 0.25) is 5.95 Å². The van der Waals surface area contributed by atoms with Crippen LogP contribution in [0.2, 0.25) is 10.0 Å². The summed E-state index contributed by atoms with van der Waals surface area (Å²) >= 11 is 16.1. The van der Waals surface area contributed by atoms with Crippen LogP contribution in [-0.4, -0.2) is 14.8 Å². The summed E-state index contributed by atoms with van der Waals surface area (Å²) in [7, 11) is 0. The number of ether oxygens (including phenoxy) is 1. The highest BCUT2D eigenvalue weighted by Crippen LogP contribution is 2.51. The largest absolute Gasteiger partial charge is 0.480 e. The minimum atomic E-state index is -0.352. The van der Waals surface area contributed by atoms with E-state index in [-0.39, 0.29) is 12.1 Å². The Balaban J connectivity index is 1.63. The number of hydrogen-bond donors (Lipinski definition) is 1. The summed E-state index contributed by atoms with van der Waals surface area (Å²) in [6, 6.07) is 21.4. The Morgan fingerprint density at radius 2 is 1.62 bits per heavy atom. The summed E-state index contributed by atoms with van der Waals surface area (Å²) in [5.41, 5.74) is 4.93. The zero-order valence-corrected chi connectivity index (χ0v) is 19.6. The number of anilines is 1. The van der Waals surface area contributed by atoms with Crippen LogP contribution < -0.4 is 10.1 Å². The van der Waals surface area contributed by atoms with E-state index in [9.17, 15) is 0 Å². The second-order valence-electron chi connectivity index (χ2n) is 7.63. The first kappa shape index (κ1) is 19.9. The molecule has 6 rings (SSSR count). The topological polar surface area (TPSA) is 52.0 Å². The molecule has 8 heteroatoms. The number of halogens is 3. The van der Waals surface area contributed by atoms with E-state index in [0.29, 0.717) is 16.0 Å². The number of fused-ring (bicyclic) bond motifs is 3. The number of aromatic nitrogens is 3. The molecule has 3 heterocycles. The average molecular weight is 526 g/mol. The summed E-state index contributed by atoms with van der Waals surface area (Å²) < 4.78 is 9.48. The second-order valence-corrected chi connectivity index (χ2v) is 9.42. The maximum atomic E-state index is 6.58. The highest BCUT2D eigenvalue weighted by atomic mass is 79.9. The van der Waals surface area contributed by atoms with E-state index in [0.717, 1.165) is 38.2 Å². The van der Waals surface area contributed by atoms with Crippen LogP contribution in [0.25, 0.3) is 5.70 Å². The Morgan fingerprint density at radius 3 is 2.41 bits per heavy atom. The molecule has 0 unspecified atom stereocenters. The summed E-state index contributed by atoms with van der Waals surface area (Å²) in [4.78, 5) is 4.45. The van der Waals surface area contributed by atoms with Gasteiger partial charge in [-0.15, -0.1) is 0 Å². The lowest BCUT2D eigenvalue weighted by atomic mass is 9.84. The van der Waals surface area contributed by atoms with Crippen LogP contribution in [-0.2, 0) is 0 Å². The molecule has 2 aliphatic heterocycles. The highest BCUT2D eigenvalue weighted by Gasteiger charge is 2.41. The molecule has 0 fully saturated rings. The van der Waals surface area contributed by atoms with Crippen molar-refractivity contribution in [3.05, 3.63) is 110 Å². The fourth-order valence-electron chi connectivity index (χ4n) is 4.32. The molecule has 2 aliphatic rings. The molecule has 3 aromatic carbocycles. The van der Waals surface area contributed by atoms with E-state index in [1.165, 1.54) is 0 Å². The molecule has 1 aromatic heterocycles. The Kier molecular flexibility index (Phi) is 4.75. The summed E-state index contributed by atoms with van der Waals surface area (Å²) in [6.45, 7) is 0. The van der Waals surface area contributed by atoms with E-state index in [2.05, 4.69) is 43.5 Å². The third-order valence-corrected chi connectivity index (χ3v) is 6.75. The lowest BCUT2D eigenvalue weighted by Gasteiger charge is -2.39. The van der Waals surface area contributed by atoms with Crippen LogP contribution in [0.4, 0.5) is 5.95 Å². The molecule has 2 atom stereocenters. The molecule has 32 heavy (non-hydrogen) atoms. The SMILES string of the molecule is Clc1ccc([C@H]2Oc3ccc(Cl)cc3C3=C2[C@@H](c2ccc(Br)cc2)n2ncnc2N3)cc1. The second kappa shape index (κ2) is 7.66. The molecular formula is C24H15BrCl2N4O. The van der Waals surface area contributed by atoms with E-state index in [4.69, 9.17) is 27.9 Å². The van der Waals surface area contributed by atoms with Gasteiger partial charge in [-0.2, -0.15) is 10.1 Å². The quantitative estimate of drug-likeness (QED) is 0.309. The molecule has 5 nitrogen and oxygen atoms in total. The number of nitrogens with zero attached hydrogens (tertiary/aromatic N) is 3. The van der Waals surface area contributed by atoms with E-state index < -0.39 is 0 Å². The molecule has 1 N–H and O–H groups in total. The van der Waals surface area contributed by atoms with Gasteiger partial charge in [0.1, 0.15) is 24.2 Å². The number of benzene rings is 3. The Morgan fingerprint density at radius 1 is 0.906 bits per heavy atom. The van der Waals surface area contributed by atoms with Gasteiger partial charge >= 0.3 is 0 Å². The van der Waals surface area contributed by atoms with Gasteiger partial charge in [0.15, 0.2) is 0 Å². The predicted octanol–water partition coefficient (Wildman–Crippen LogP) is 6.91. The monoisotopic (exact) mass is 524 g/mol. The smallest absolute Gasteiger partial charge is 0.226 e. The molecule has 0 saturated heterocycles. The van der Waals surface area contributed by atoms with Crippen molar-refractivity contribution < 1.29 is 4.74 Å². The first-order valence-electron chi connectivity index (χ1n) is 9.96. The standard InChI is InChI=1S/C24H15BrCl2N4O/c25-15-5-1-13(2-6-15)22-20-21(30-24-28-12-29-31(22)24)18-11-17(27)9-10-19(18)32-23(20)14-3-7-16(26)8-4-14/h1-12,22-23H,(H,28,29,30)/t22-,23-/m1/s1. The molecule has 0 bridgehead atoms. The van der Waals surface area contributed by atoms with Crippen LogP contribution in [0.5, 0.6) is 5.75 Å². The lowest BCUT2D eigenvalue weighted by molar-refractivity contribution is 0.223. The maximum Gasteiger partial charge on any atom is 0.226 e. The Hall–Kier alpha value is -2.80. The van der Waals surface area contributed by atoms with Crippen molar-refractivity contribution in [3.63, 3.8) is 0 Å². The molecule has 0 spiro atoms. The summed E-state index contributed by atoms with van der Waals surface area (Å²) in [5.74, 6) is 1.42. The molecule has 4 aromatic rings. The summed E-state index contributed by atoms with van der Waals surface area (Å²) in [6.07, 6.45) is 1.21. The summed E-state index contributed by atoms with van der Waals surface area (Å²) in [5, 5.41) is 9.33. The van der Waals surface area contributed by atoms with Gasteiger partial charge in [-0.25, -0.2) is 4.68 Å². The first-order chi connectivity index (χ1) is 15.6. The van der Waals surface area contributed by atoms with Crippen LogP contribution in [0.15, 0.2) is 83.1 Å².